The van der Waals surface area contributed by atoms with Crippen molar-refractivity contribution >= 4 is 38.6 Å². The Hall–Kier alpha value is -2.95. The zero-order valence-electron chi connectivity index (χ0n) is 16.4. The van der Waals surface area contributed by atoms with Crippen molar-refractivity contribution in [2.75, 3.05) is 19.9 Å². The van der Waals surface area contributed by atoms with Crippen LogP contribution in [0.5, 0.6) is 5.75 Å². The van der Waals surface area contributed by atoms with Gasteiger partial charge in [0.2, 0.25) is 10.0 Å². The maximum absolute atomic E-state index is 12.7. The number of hydrogen-bond donors (Lipinski definition) is 1. The van der Waals surface area contributed by atoms with Crippen molar-refractivity contribution in [1.29, 1.82) is 0 Å². The molecular weight excluding hydrogens is 426 g/mol. The van der Waals surface area contributed by atoms with Gasteiger partial charge in [0.05, 0.1) is 24.8 Å². The highest BCUT2D eigenvalue weighted by atomic mass is 32.2. The van der Waals surface area contributed by atoms with E-state index in [0.29, 0.717) is 10.6 Å². The second kappa shape index (κ2) is 8.82. The Morgan fingerprint density at radius 1 is 1.20 bits per heavy atom. The minimum absolute atomic E-state index is 0.000391. The molecule has 0 saturated carbocycles. The van der Waals surface area contributed by atoms with Gasteiger partial charge in [-0.2, -0.15) is 4.41 Å². The summed E-state index contributed by atoms with van der Waals surface area (Å²) in [7, 11) is -2.35. The maximum Gasteiger partial charge on any atom is 0.279 e. The third-order valence-electron chi connectivity index (χ3n) is 4.44. The Bertz CT molecular complexity index is 1100. The third kappa shape index (κ3) is 4.96. The van der Waals surface area contributed by atoms with Gasteiger partial charge in [0.1, 0.15) is 5.75 Å². The van der Waals surface area contributed by atoms with Crippen molar-refractivity contribution in [3.8, 4) is 5.75 Å². The number of amides is 1. The number of ether oxygens (including phenoxy) is 1. The zero-order valence-corrected chi connectivity index (χ0v) is 18.1. The van der Waals surface area contributed by atoms with E-state index in [4.69, 9.17) is 10.6 Å². The number of thiophene rings is 1. The quantitative estimate of drug-likeness (QED) is 0.300. The van der Waals surface area contributed by atoms with Crippen molar-refractivity contribution in [2.24, 2.45) is 5.84 Å². The summed E-state index contributed by atoms with van der Waals surface area (Å²) >= 11 is 1.33. The molecule has 0 aliphatic carbocycles. The highest BCUT2D eigenvalue weighted by Crippen LogP contribution is 2.30. The average Bonchev–Trinajstić information content (AvgIpc) is 3.27. The van der Waals surface area contributed by atoms with Crippen LogP contribution in [0.4, 0.5) is 0 Å². The Morgan fingerprint density at radius 3 is 2.47 bits per heavy atom. The number of benzene rings is 1. The Balaban J connectivity index is 1.93. The lowest BCUT2D eigenvalue weighted by Gasteiger charge is -2.26. The van der Waals surface area contributed by atoms with Crippen molar-refractivity contribution in [3.63, 3.8) is 0 Å². The molecule has 2 aromatic rings. The molecule has 2 N–H and O–H groups in total. The number of carbonyl (C=O) groups excluding carboxylic acids is 2. The monoisotopic (exact) mass is 447 g/mol. The lowest BCUT2D eigenvalue weighted by Crippen LogP contribution is -2.43. The second-order valence-electron chi connectivity index (χ2n) is 6.65. The van der Waals surface area contributed by atoms with Crippen molar-refractivity contribution in [2.45, 2.75) is 6.42 Å². The molecule has 0 radical (unpaired) electrons. The van der Waals surface area contributed by atoms with Crippen LogP contribution in [0.15, 0.2) is 59.8 Å². The van der Waals surface area contributed by atoms with E-state index in [1.54, 1.807) is 42.5 Å². The van der Waals surface area contributed by atoms with Crippen LogP contribution >= 0.6 is 11.3 Å². The molecule has 1 aromatic carbocycles. The topological polar surface area (TPSA) is 110 Å². The number of hydrogen-bond acceptors (Lipinski definition) is 8. The second-order valence-corrected chi connectivity index (χ2v) is 9.46. The minimum Gasteiger partial charge on any atom is -0.497 e. The van der Waals surface area contributed by atoms with E-state index in [1.807, 2.05) is 17.5 Å². The first-order valence-corrected chi connectivity index (χ1v) is 11.6. The van der Waals surface area contributed by atoms with E-state index >= 15 is 0 Å². The third-order valence-corrected chi connectivity index (χ3v) is 6.23. The smallest absolute Gasteiger partial charge is 0.279 e. The zero-order chi connectivity index (χ0) is 21.9. The van der Waals surface area contributed by atoms with E-state index in [1.165, 1.54) is 17.5 Å². The number of ketones is 1. The first-order chi connectivity index (χ1) is 14.2. The van der Waals surface area contributed by atoms with Gasteiger partial charge in [-0.1, -0.05) is 18.2 Å². The summed E-state index contributed by atoms with van der Waals surface area (Å²) in [6, 6.07) is 10.7. The molecule has 0 spiro atoms. The van der Waals surface area contributed by atoms with Crippen molar-refractivity contribution in [3.05, 3.63) is 70.2 Å². The largest absolute Gasteiger partial charge is 0.497 e. The van der Waals surface area contributed by atoms with Gasteiger partial charge in [-0.05, 0) is 34.7 Å². The molecule has 0 saturated heterocycles. The van der Waals surface area contributed by atoms with Crippen LogP contribution < -0.4 is 10.6 Å². The summed E-state index contributed by atoms with van der Waals surface area (Å²) in [5.41, 5.74) is 1.71. The Labute approximate surface area is 178 Å². The fraction of sp³-hybridized carbons (Fsp3) is 0.200. The average molecular weight is 448 g/mol. The molecule has 1 aliphatic rings. The summed E-state index contributed by atoms with van der Waals surface area (Å²) in [6.07, 6.45) is 4.25. The number of Topliss-reactive ketones (excluding diaryl/α,β-unsaturated/α-hetero) is 1. The van der Waals surface area contributed by atoms with Crippen LogP contribution in [-0.2, 0) is 14.8 Å². The van der Waals surface area contributed by atoms with Gasteiger partial charge in [0.15, 0.2) is 5.78 Å². The summed E-state index contributed by atoms with van der Waals surface area (Å²) in [5, 5.41) is 1.81. The van der Waals surface area contributed by atoms with Gasteiger partial charge < -0.3 is 9.64 Å². The van der Waals surface area contributed by atoms with E-state index in [-0.39, 0.29) is 28.7 Å². The van der Waals surface area contributed by atoms with E-state index in [2.05, 4.69) is 0 Å². The summed E-state index contributed by atoms with van der Waals surface area (Å²) in [5.74, 6) is 5.22. The minimum atomic E-state index is -3.92. The molecule has 8 nitrogen and oxygen atoms in total. The fourth-order valence-electron chi connectivity index (χ4n) is 2.91. The van der Waals surface area contributed by atoms with E-state index in [9.17, 15) is 18.0 Å². The number of rotatable bonds is 7. The molecule has 1 amide bonds. The molecule has 0 bridgehead atoms. The molecule has 1 aromatic heterocycles. The standard InChI is InChI=1S/C20H21N3O5S2/c1-28-17-7-5-14(6-8-17)15-10-16(20(25)23(21)30(2,26)27)12-22(11-15)13-18(24)19-4-3-9-29-19/h3-9,11-12H,10,13,21H2,1-2H3. The van der Waals surface area contributed by atoms with Crippen LogP contribution in [0.25, 0.3) is 5.57 Å². The van der Waals surface area contributed by atoms with Crippen molar-refractivity contribution < 1.29 is 22.7 Å². The molecule has 158 valence electrons. The highest BCUT2D eigenvalue weighted by Gasteiger charge is 2.27. The normalized spacial score (nSPS) is 14.0. The Morgan fingerprint density at radius 2 is 1.90 bits per heavy atom. The summed E-state index contributed by atoms with van der Waals surface area (Å²) < 4.78 is 28.8. The fourth-order valence-corrected chi connectivity index (χ4v) is 3.99. The number of carbonyl (C=O) groups is 2. The molecule has 30 heavy (non-hydrogen) atoms. The summed E-state index contributed by atoms with van der Waals surface area (Å²) in [6.45, 7) is 0.000391. The first kappa shape index (κ1) is 21.8. The molecule has 2 heterocycles. The van der Waals surface area contributed by atoms with Gasteiger partial charge in [-0.3, -0.25) is 9.59 Å². The number of allylic oxidation sites excluding steroid dienone is 1. The van der Waals surface area contributed by atoms with Crippen molar-refractivity contribution in [1.82, 2.24) is 9.31 Å². The lowest BCUT2D eigenvalue weighted by atomic mass is 9.96. The van der Waals surface area contributed by atoms with Crippen LogP contribution in [-0.4, -0.2) is 49.3 Å². The van der Waals surface area contributed by atoms with E-state index < -0.39 is 15.9 Å². The molecule has 3 rings (SSSR count). The number of sulfonamides is 1. The number of hydrazine groups is 1. The first-order valence-electron chi connectivity index (χ1n) is 8.86. The van der Waals surface area contributed by atoms with E-state index in [0.717, 1.165) is 17.4 Å². The maximum atomic E-state index is 12.7. The van der Waals surface area contributed by atoms with Gasteiger partial charge in [-0.25, -0.2) is 14.3 Å². The van der Waals surface area contributed by atoms with Gasteiger partial charge >= 0.3 is 0 Å². The van der Waals surface area contributed by atoms with Gasteiger partial charge in [-0.15, -0.1) is 11.3 Å². The SMILES string of the molecule is COc1ccc(C2=CN(CC(=O)c3cccs3)C=C(C(=O)N(N)S(C)(=O)=O)C2)cc1. The van der Waals surface area contributed by atoms with Crippen LogP contribution in [0.1, 0.15) is 21.7 Å². The number of nitrogens with two attached hydrogens (primary N) is 1. The number of nitrogens with zero attached hydrogens (tertiary/aromatic N) is 2. The lowest BCUT2D eigenvalue weighted by molar-refractivity contribution is -0.122. The molecule has 0 unspecified atom stereocenters. The molecule has 10 heteroatoms. The van der Waals surface area contributed by atoms with Gasteiger partial charge in [0, 0.05) is 24.4 Å². The summed E-state index contributed by atoms with van der Waals surface area (Å²) in [4.78, 5) is 27.4. The predicted molar refractivity (Wildman–Crippen MR) is 115 cm³/mol. The molecule has 1 aliphatic heterocycles. The van der Waals surface area contributed by atoms with Crippen LogP contribution in [0, 0.1) is 0 Å². The predicted octanol–water partition coefficient (Wildman–Crippen LogP) is 2.23. The molecular formula is C20H21N3O5S2. The van der Waals surface area contributed by atoms with Crippen LogP contribution in [0.2, 0.25) is 0 Å². The Kier molecular flexibility index (Phi) is 6.40. The van der Waals surface area contributed by atoms with Crippen LogP contribution in [0.3, 0.4) is 0 Å². The number of methoxy groups -OCH3 is 1. The molecule has 0 fully saturated rings. The van der Waals surface area contributed by atoms with Gasteiger partial charge in [0.25, 0.3) is 5.91 Å². The highest BCUT2D eigenvalue weighted by molar-refractivity contribution is 7.88. The molecule has 0 atom stereocenters.